The molecule has 1 aromatic carbocycles. The standard InChI is InChI=1S/C16H25N3O4S/c1-23-15-7-6-13(12-14(15)16(20)18-9-8-17)24(21,22)19-10-4-2-3-5-11-19/h6-7,12H,2-5,8-11,17H2,1H3,(H,18,20). The molecular weight excluding hydrogens is 330 g/mol. The van der Waals surface area contributed by atoms with Gasteiger partial charge in [-0.3, -0.25) is 4.79 Å². The number of ether oxygens (including phenoxy) is 1. The van der Waals surface area contributed by atoms with E-state index in [4.69, 9.17) is 10.5 Å². The summed E-state index contributed by atoms with van der Waals surface area (Å²) in [7, 11) is -2.17. The maximum absolute atomic E-state index is 12.9. The molecule has 0 unspecified atom stereocenters. The average molecular weight is 355 g/mol. The van der Waals surface area contributed by atoms with E-state index in [1.807, 2.05) is 0 Å². The van der Waals surface area contributed by atoms with Gasteiger partial charge in [0.05, 0.1) is 17.6 Å². The van der Waals surface area contributed by atoms with Crippen LogP contribution in [0.2, 0.25) is 0 Å². The van der Waals surface area contributed by atoms with E-state index in [0.29, 0.717) is 31.9 Å². The number of nitrogens with two attached hydrogens (primary N) is 1. The highest BCUT2D eigenvalue weighted by atomic mass is 32.2. The van der Waals surface area contributed by atoms with Crippen molar-refractivity contribution in [3.8, 4) is 5.75 Å². The fourth-order valence-electron chi connectivity index (χ4n) is 2.74. The Balaban J connectivity index is 2.34. The number of nitrogens with zero attached hydrogens (tertiary/aromatic N) is 1. The van der Waals surface area contributed by atoms with Gasteiger partial charge in [0.15, 0.2) is 0 Å². The Bertz CT molecular complexity index is 668. The molecule has 1 aromatic rings. The van der Waals surface area contributed by atoms with E-state index in [1.54, 1.807) is 0 Å². The summed E-state index contributed by atoms with van der Waals surface area (Å²) in [4.78, 5) is 12.4. The summed E-state index contributed by atoms with van der Waals surface area (Å²) >= 11 is 0. The highest BCUT2D eigenvalue weighted by Gasteiger charge is 2.27. The number of methoxy groups -OCH3 is 1. The quantitative estimate of drug-likeness (QED) is 0.791. The van der Waals surface area contributed by atoms with Gasteiger partial charge >= 0.3 is 0 Å². The third kappa shape index (κ3) is 4.25. The number of benzene rings is 1. The lowest BCUT2D eigenvalue weighted by Gasteiger charge is -2.20. The van der Waals surface area contributed by atoms with Crippen molar-refractivity contribution < 1.29 is 17.9 Å². The molecule has 1 saturated heterocycles. The molecule has 0 saturated carbocycles. The summed E-state index contributed by atoms with van der Waals surface area (Å²) in [5, 5.41) is 2.64. The van der Waals surface area contributed by atoms with Crippen molar-refractivity contribution in [1.29, 1.82) is 0 Å². The molecule has 1 heterocycles. The molecule has 1 fully saturated rings. The van der Waals surface area contributed by atoms with E-state index in [9.17, 15) is 13.2 Å². The lowest BCUT2D eigenvalue weighted by molar-refractivity contribution is 0.0951. The second kappa shape index (κ2) is 8.46. The zero-order valence-corrected chi connectivity index (χ0v) is 14.8. The molecule has 0 bridgehead atoms. The van der Waals surface area contributed by atoms with Crippen molar-refractivity contribution in [2.45, 2.75) is 30.6 Å². The topological polar surface area (TPSA) is 102 Å². The minimum atomic E-state index is -3.61. The van der Waals surface area contributed by atoms with Gasteiger partial charge in [-0.2, -0.15) is 4.31 Å². The number of hydrogen-bond acceptors (Lipinski definition) is 5. The number of carbonyl (C=O) groups excluding carboxylic acids is 1. The van der Waals surface area contributed by atoms with Crippen LogP contribution in [0.3, 0.4) is 0 Å². The number of carbonyl (C=O) groups is 1. The van der Waals surface area contributed by atoms with Gasteiger partial charge in [0.2, 0.25) is 10.0 Å². The van der Waals surface area contributed by atoms with Crippen LogP contribution < -0.4 is 15.8 Å². The summed E-state index contributed by atoms with van der Waals surface area (Å²) in [5.74, 6) is -0.0652. The molecule has 0 radical (unpaired) electrons. The van der Waals surface area contributed by atoms with Crippen LogP contribution in [-0.4, -0.2) is 51.9 Å². The largest absolute Gasteiger partial charge is 0.496 e. The fraction of sp³-hybridized carbons (Fsp3) is 0.562. The second-order valence-electron chi connectivity index (χ2n) is 5.72. The predicted octanol–water partition coefficient (Wildman–Crippen LogP) is 0.948. The van der Waals surface area contributed by atoms with Crippen LogP contribution in [0.5, 0.6) is 5.75 Å². The van der Waals surface area contributed by atoms with E-state index in [1.165, 1.54) is 29.6 Å². The lowest BCUT2D eigenvalue weighted by Crippen LogP contribution is -2.32. The average Bonchev–Trinajstić information content (AvgIpc) is 2.89. The lowest BCUT2D eigenvalue weighted by atomic mass is 10.2. The van der Waals surface area contributed by atoms with Crippen molar-refractivity contribution in [3.05, 3.63) is 23.8 Å². The van der Waals surface area contributed by atoms with Gasteiger partial charge in [-0.25, -0.2) is 8.42 Å². The number of hydrogen-bond donors (Lipinski definition) is 2. The van der Waals surface area contributed by atoms with E-state index in [-0.39, 0.29) is 10.5 Å². The van der Waals surface area contributed by atoms with Crippen LogP contribution in [0, 0.1) is 0 Å². The molecule has 1 aliphatic rings. The van der Waals surface area contributed by atoms with Crippen molar-refractivity contribution in [3.63, 3.8) is 0 Å². The third-order valence-electron chi connectivity index (χ3n) is 4.05. The first-order valence-electron chi connectivity index (χ1n) is 8.17. The van der Waals surface area contributed by atoms with Crippen molar-refractivity contribution in [2.24, 2.45) is 5.73 Å². The Morgan fingerprint density at radius 1 is 1.25 bits per heavy atom. The van der Waals surface area contributed by atoms with Gasteiger partial charge < -0.3 is 15.8 Å². The highest BCUT2D eigenvalue weighted by Crippen LogP contribution is 2.26. The summed E-state index contributed by atoms with van der Waals surface area (Å²) in [6.07, 6.45) is 3.81. The maximum atomic E-state index is 12.9. The van der Waals surface area contributed by atoms with E-state index >= 15 is 0 Å². The Hall–Kier alpha value is -1.64. The molecule has 8 heteroatoms. The second-order valence-corrected chi connectivity index (χ2v) is 7.66. The normalized spacial score (nSPS) is 16.4. The molecule has 3 N–H and O–H groups in total. The van der Waals surface area contributed by atoms with Crippen LogP contribution in [-0.2, 0) is 10.0 Å². The smallest absolute Gasteiger partial charge is 0.255 e. The number of amides is 1. The molecule has 7 nitrogen and oxygen atoms in total. The summed E-state index contributed by atoms with van der Waals surface area (Å²) < 4.78 is 32.4. The predicted molar refractivity (Wildman–Crippen MR) is 91.6 cm³/mol. The van der Waals surface area contributed by atoms with Gasteiger partial charge in [0.1, 0.15) is 5.75 Å². The Morgan fingerprint density at radius 3 is 2.50 bits per heavy atom. The SMILES string of the molecule is COc1ccc(S(=O)(=O)N2CCCCCC2)cc1C(=O)NCCN. The van der Waals surface area contributed by atoms with Crippen LogP contribution >= 0.6 is 0 Å². The van der Waals surface area contributed by atoms with Gasteiger partial charge in [-0.15, -0.1) is 0 Å². The van der Waals surface area contributed by atoms with E-state index in [2.05, 4.69) is 5.32 Å². The van der Waals surface area contributed by atoms with Crippen LogP contribution in [0.25, 0.3) is 0 Å². The fourth-order valence-corrected chi connectivity index (χ4v) is 4.28. The first-order valence-corrected chi connectivity index (χ1v) is 9.61. The molecule has 24 heavy (non-hydrogen) atoms. The van der Waals surface area contributed by atoms with Crippen LogP contribution in [0.15, 0.2) is 23.1 Å². The monoisotopic (exact) mass is 355 g/mol. The third-order valence-corrected chi connectivity index (χ3v) is 5.94. The number of sulfonamides is 1. The molecule has 1 aliphatic heterocycles. The summed E-state index contributed by atoms with van der Waals surface area (Å²) in [5.41, 5.74) is 5.58. The van der Waals surface area contributed by atoms with Gasteiger partial charge in [0.25, 0.3) is 5.91 Å². The molecule has 0 atom stereocenters. The van der Waals surface area contributed by atoms with Gasteiger partial charge in [0, 0.05) is 26.2 Å². The minimum absolute atomic E-state index is 0.114. The van der Waals surface area contributed by atoms with Crippen LogP contribution in [0.4, 0.5) is 0 Å². The number of rotatable bonds is 6. The molecule has 1 amide bonds. The molecule has 134 valence electrons. The van der Waals surface area contributed by atoms with E-state index in [0.717, 1.165) is 25.7 Å². The zero-order valence-electron chi connectivity index (χ0n) is 14.0. The minimum Gasteiger partial charge on any atom is -0.496 e. The van der Waals surface area contributed by atoms with Crippen molar-refractivity contribution in [1.82, 2.24) is 9.62 Å². The molecule has 2 rings (SSSR count). The Labute approximate surface area is 143 Å². The van der Waals surface area contributed by atoms with Crippen molar-refractivity contribution >= 4 is 15.9 Å². The molecule has 0 spiro atoms. The molecule has 0 aromatic heterocycles. The number of nitrogens with one attached hydrogen (secondary N) is 1. The summed E-state index contributed by atoms with van der Waals surface area (Å²) in [6, 6.07) is 4.38. The first kappa shape index (κ1) is 18.7. The summed E-state index contributed by atoms with van der Waals surface area (Å²) in [6.45, 7) is 1.65. The Morgan fingerprint density at radius 2 is 1.92 bits per heavy atom. The van der Waals surface area contributed by atoms with Gasteiger partial charge in [-0.1, -0.05) is 12.8 Å². The first-order chi connectivity index (χ1) is 11.5. The zero-order chi connectivity index (χ0) is 17.6. The maximum Gasteiger partial charge on any atom is 0.255 e. The molecular formula is C16H25N3O4S. The highest BCUT2D eigenvalue weighted by molar-refractivity contribution is 7.89. The molecule has 0 aliphatic carbocycles. The van der Waals surface area contributed by atoms with Crippen molar-refractivity contribution in [2.75, 3.05) is 33.3 Å². The van der Waals surface area contributed by atoms with Crippen LogP contribution in [0.1, 0.15) is 36.0 Å². The van der Waals surface area contributed by atoms with Gasteiger partial charge in [-0.05, 0) is 31.0 Å². The Kier molecular flexibility index (Phi) is 6.59. The van der Waals surface area contributed by atoms with E-state index < -0.39 is 15.9 Å².